The zero-order chi connectivity index (χ0) is 14.7. The van der Waals surface area contributed by atoms with Crippen LogP contribution in [0.15, 0.2) is 23.1 Å². The van der Waals surface area contributed by atoms with Crippen molar-refractivity contribution in [1.29, 1.82) is 0 Å². The fourth-order valence-electron chi connectivity index (χ4n) is 2.00. The Kier molecular flexibility index (Phi) is 5.06. The number of benzene rings is 1. The van der Waals surface area contributed by atoms with Crippen LogP contribution in [0.4, 0.5) is 4.39 Å². The maximum absolute atomic E-state index is 13.2. The van der Waals surface area contributed by atoms with Gasteiger partial charge in [0.25, 0.3) is 0 Å². The van der Waals surface area contributed by atoms with E-state index in [-0.39, 0.29) is 10.5 Å². The Bertz CT molecular complexity index is 541. The highest BCUT2D eigenvalue weighted by Crippen LogP contribution is 2.21. The molecule has 0 aromatic heterocycles. The molecule has 0 radical (unpaired) electrons. The molecule has 1 aromatic carbocycles. The molecule has 0 aliphatic heterocycles. The Morgan fingerprint density at radius 3 is 2.53 bits per heavy atom. The van der Waals surface area contributed by atoms with Gasteiger partial charge in [0, 0.05) is 5.54 Å². The lowest BCUT2D eigenvalue weighted by Gasteiger charge is -2.26. The Labute approximate surface area is 113 Å². The molecule has 0 heterocycles. The van der Waals surface area contributed by atoms with Crippen molar-refractivity contribution in [2.24, 2.45) is 0 Å². The molecule has 0 bridgehead atoms. The van der Waals surface area contributed by atoms with E-state index in [0.717, 1.165) is 18.6 Å². The minimum atomic E-state index is -3.86. The van der Waals surface area contributed by atoms with Crippen LogP contribution in [-0.2, 0) is 16.6 Å². The first-order valence-corrected chi connectivity index (χ1v) is 7.63. The van der Waals surface area contributed by atoms with E-state index in [4.69, 9.17) is 5.11 Å². The highest BCUT2D eigenvalue weighted by Gasteiger charge is 2.27. The van der Waals surface area contributed by atoms with Crippen LogP contribution in [-0.4, -0.2) is 19.1 Å². The van der Waals surface area contributed by atoms with Gasteiger partial charge >= 0.3 is 0 Å². The standard InChI is InChI=1S/C13H20FNO3S/c1-4-7-13(2,3)15-19(17,18)12-8-11(14)6-5-10(12)9-16/h5-6,8,15-16H,4,7,9H2,1-3H3. The van der Waals surface area contributed by atoms with E-state index in [0.29, 0.717) is 6.42 Å². The quantitative estimate of drug-likeness (QED) is 0.843. The number of sulfonamides is 1. The maximum atomic E-state index is 13.2. The predicted molar refractivity (Wildman–Crippen MR) is 71.6 cm³/mol. The molecule has 2 N–H and O–H groups in total. The molecule has 1 aromatic rings. The predicted octanol–water partition coefficient (Wildman–Crippen LogP) is 2.18. The van der Waals surface area contributed by atoms with Crippen LogP contribution in [0.3, 0.4) is 0 Å². The number of rotatable bonds is 6. The topological polar surface area (TPSA) is 66.4 Å². The number of aliphatic hydroxyl groups is 1. The Balaban J connectivity index is 3.17. The number of halogens is 1. The lowest BCUT2D eigenvalue weighted by molar-refractivity contribution is 0.278. The number of hydrogen-bond donors (Lipinski definition) is 2. The van der Waals surface area contributed by atoms with Crippen molar-refractivity contribution in [1.82, 2.24) is 4.72 Å². The molecule has 1 rings (SSSR count). The van der Waals surface area contributed by atoms with Crippen LogP contribution >= 0.6 is 0 Å². The summed E-state index contributed by atoms with van der Waals surface area (Å²) in [7, 11) is -3.86. The molecule has 0 unspecified atom stereocenters. The molecule has 0 saturated heterocycles. The highest BCUT2D eigenvalue weighted by molar-refractivity contribution is 7.89. The fourth-order valence-corrected chi connectivity index (χ4v) is 3.69. The van der Waals surface area contributed by atoms with Crippen molar-refractivity contribution in [3.05, 3.63) is 29.6 Å². The fraction of sp³-hybridized carbons (Fsp3) is 0.538. The van der Waals surface area contributed by atoms with E-state index < -0.39 is 28.0 Å². The zero-order valence-corrected chi connectivity index (χ0v) is 12.2. The van der Waals surface area contributed by atoms with Gasteiger partial charge < -0.3 is 5.11 Å². The summed E-state index contributed by atoms with van der Waals surface area (Å²) in [5, 5.41) is 9.16. The van der Waals surface area contributed by atoms with Crippen molar-refractivity contribution in [3.8, 4) is 0 Å². The monoisotopic (exact) mass is 289 g/mol. The summed E-state index contributed by atoms with van der Waals surface area (Å²) in [6.07, 6.45) is 1.49. The Morgan fingerprint density at radius 1 is 1.37 bits per heavy atom. The second-order valence-corrected chi connectivity index (χ2v) is 6.80. The smallest absolute Gasteiger partial charge is 0.241 e. The van der Waals surface area contributed by atoms with Crippen LogP contribution in [0.5, 0.6) is 0 Å². The SMILES string of the molecule is CCCC(C)(C)NS(=O)(=O)c1cc(F)ccc1CO. The average molecular weight is 289 g/mol. The third-order valence-corrected chi connectivity index (χ3v) is 4.56. The lowest BCUT2D eigenvalue weighted by Crippen LogP contribution is -2.43. The molecule has 0 saturated carbocycles. The van der Waals surface area contributed by atoms with Gasteiger partial charge in [-0.25, -0.2) is 17.5 Å². The first kappa shape index (κ1) is 16.1. The van der Waals surface area contributed by atoms with Gasteiger partial charge in [0.15, 0.2) is 0 Å². The lowest BCUT2D eigenvalue weighted by atomic mass is 10.0. The van der Waals surface area contributed by atoms with Crippen molar-refractivity contribution < 1.29 is 17.9 Å². The van der Waals surface area contributed by atoms with Crippen molar-refractivity contribution in [3.63, 3.8) is 0 Å². The van der Waals surface area contributed by atoms with Crippen molar-refractivity contribution in [2.45, 2.75) is 50.7 Å². The van der Waals surface area contributed by atoms with Crippen molar-refractivity contribution >= 4 is 10.0 Å². The summed E-state index contributed by atoms with van der Waals surface area (Å²) in [5.41, 5.74) is -0.437. The van der Waals surface area contributed by atoms with Gasteiger partial charge in [-0.15, -0.1) is 0 Å². The zero-order valence-electron chi connectivity index (χ0n) is 11.4. The van der Waals surface area contributed by atoms with Gasteiger partial charge in [0.1, 0.15) is 5.82 Å². The number of hydrogen-bond acceptors (Lipinski definition) is 3. The summed E-state index contributed by atoms with van der Waals surface area (Å²) < 4.78 is 40.3. The summed E-state index contributed by atoms with van der Waals surface area (Å²) in [6.45, 7) is 5.04. The molecule has 108 valence electrons. The van der Waals surface area contributed by atoms with Crippen LogP contribution < -0.4 is 4.72 Å². The van der Waals surface area contributed by atoms with E-state index in [2.05, 4.69) is 4.72 Å². The van der Waals surface area contributed by atoms with Crippen LogP contribution in [0.2, 0.25) is 0 Å². The van der Waals surface area contributed by atoms with E-state index >= 15 is 0 Å². The van der Waals surface area contributed by atoms with Gasteiger partial charge in [-0.1, -0.05) is 19.4 Å². The molecule has 6 heteroatoms. The summed E-state index contributed by atoms with van der Waals surface area (Å²) in [6, 6.07) is 3.33. The molecule has 0 aliphatic carbocycles. The molecule has 19 heavy (non-hydrogen) atoms. The summed E-state index contributed by atoms with van der Waals surface area (Å²) in [5.74, 6) is -0.647. The highest BCUT2D eigenvalue weighted by atomic mass is 32.2. The van der Waals surface area contributed by atoms with Crippen molar-refractivity contribution in [2.75, 3.05) is 0 Å². The third kappa shape index (κ3) is 4.26. The average Bonchev–Trinajstić information content (AvgIpc) is 2.27. The first-order valence-electron chi connectivity index (χ1n) is 6.15. The molecule has 0 atom stereocenters. The summed E-state index contributed by atoms with van der Waals surface area (Å²) in [4.78, 5) is -0.209. The summed E-state index contributed by atoms with van der Waals surface area (Å²) >= 11 is 0. The Hall–Kier alpha value is -0.980. The van der Waals surface area contributed by atoms with E-state index in [1.165, 1.54) is 6.07 Å². The van der Waals surface area contributed by atoms with Gasteiger partial charge in [-0.05, 0) is 38.0 Å². The number of aliphatic hydroxyl groups excluding tert-OH is 1. The molecule has 0 aliphatic rings. The van der Waals surface area contributed by atoms with E-state index in [1.54, 1.807) is 13.8 Å². The second kappa shape index (κ2) is 5.98. The minimum Gasteiger partial charge on any atom is -0.392 e. The molecular formula is C13H20FNO3S. The van der Waals surface area contributed by atoms with Gasteiger partial charge in [-0.2, -0.15) is 0 Å². The molecular weight excluding hydrogens is 269 g/mol. The first-order chi connectivity index (χ1) is 8.72. The Morgan fingerprint density at radius 2 is 2.00 bits per heavy atom. The normalized spacial score (nSPS) is 12.7. The molecule has 4 nitrogen and oxygen atoms in total. The molecule has 0 fully saturated rings. The molecule has 0 amide bonds. The number of nitrogens with one attached hydrogen (secondary N) is 1. The van der Waals surface area contributed by atoms with Gasteiger partial charge in [0.05, 0.1) is 11.5 Å². The molecule has 0 spiro atoms. The van der Waals surface area contributed by atoms with Crippen LogP contribution in [0.25, 0.3) is 0 Å². The van der Waals surface area contributed by atoms with Crippen LogP contribution in [0.1, 0.15) is 39.2 Å². The van der Waals surface area contributed by atoms with Crippen LogP contribution in [0, 0.1) is 5.82 Å². The van der Waals surface area contributed by atoms with E-state index in [9.17, 15) is 12.8 Å². The minimum absolute atomic E-state index is 0.182. The third-order valence-electron chi connectivity index (χ3n) is 2.77. The maximum Gasteiger partial charge on any atom is 0.241 e. The largest absolute Gasteiger partial charge is 0.392 e. The van der Waals surface area contributed by atoms with E-state index in [1.807, 2.05) is 6.92 Å². The van der Waals surface area contributed by atoms with Gasteiger partial charge in [0.2, 0.25) is 10.0 Å². The van der Waals surface area contributed by atoms with Gasteiger partial charge in [-0.3, -0.25) is 0 Å². The second-order valence-electron chi connectivity index (χ2n) is 5.15.